The van der Waals surface area contributed by atoms with Crippen molar-refractivity contribution in [1.82, 2.24) is 9.88 Å². The van der Waals surface area contributed by atoms with Crippen LogP contribution in [0.3, 0.4) is 0 Å². The molecule has 6 heteroatoms. The van der Waals surface area contributed by atoms with Gasteiger partial charge in [-0.25, -0.2) is 9.37 Å². The number of hydrogen-bond acceptors (Lipinski definition) is 4. The second kappa shape index (κ2) is 8.76. The molecule has 1 saturated heterocycles. The zero-order valence-electron chi connectivity index (χ0n) is 15.0. The number of nitrogens with zero attached hydrogens (tertiary/aromatic N) is 2. The van der Waals surface area contributed by atoms with E-state index in [2.05, 4.69) is 10.3 Å². The van der Waals surface area contributed by atoms with E-state index < -0.39 is 0 Å². The predicted molar refractivity (Wildman–Crippen MR) is 98.5 cm³/mol. The molecule has 1 aromatic carbocycles. The largest absolute Gasteiger partial charge is 0.375 e. The number of nitrogens with one attached hydrogen (secondary N) is 1. The molecule has 0 bridgehead atoms. The van der Waals surface area contributed by atoms with E-state index in [0.29, 0.717) is 26.1 Å². The van der Waals surface area contributed by atoms with Gasteiger partial charge in [-0.2, -0.15) is 0 Å². The van der Waals surface area contributed by atoms with E-state index in [4.69, 9.17) is 4.74 Å². The van der Waals surface area contributed by atoms with Gasteiger partial charge in [-0.15, -0.1) is 0 Å². The van der Waals surface area contributed by atoms with Crippen LogP contribution < -0.4 is 5.32 Å². The smallest absolute Gasteiger partial charge is 0.227 e. The third-order valence-electron chi connectivity index (χ3n) is 4.60. The number of benzene rings is 1. The minimum Gasteiger partial charge on any atom is -0.375 e. The van der Waals surface area contributed by atoms with Crippen molar-refractivity contribution in [2.24, 2.45) is 0 Å². The van der Waals surface area contributed by atoms with Crippen molar-refractivity contribution in [3.8, 4) is 0 Å². The molecule has 0 radical (unpaired) electrons. The van der Waals surface area contributed by atoms with E-state index in [1.54, 1.807) is 18.3 Å². The summed E-state index contributed by atoms with van der Waals surface area (Å²) in [5, 5.41) is 3.04. The lowest BCUT2D eigenvalue weighted by Gasteiger charge is -2.33. The Morgan fingerprint density at radius 1 is 1.31 bits per heavy atom. The summed E-state index contributed by atoms with van der Waals surface area (Å²) in [5.41, 5.74) is 2.03. The van der Waals surface area contributed by atoms with Gasteiger partial charge in [0.25, 0.3) is 0 Å². The quantitative estimate of drug-likeness (QED) is 0.864. The molecule has 1 aromatic heterocycles. The van der Waals surface area contributed by atoms with E-state index in [-0.39, 0.29) is 17.8 Å². The second-order valence-electron chi connectivity index (χ2n) is 6.47. The normalized spacial score (nSPS) is 17.2. The fourth-order valence-corrected chi connectivity index (χ4v) is 3.10. The maximum Gasteiger partial charge on any atom is 0.227 e. The number of carbonyl (C=O) groups is 1. The number of carbonyl (C=O) groups excluding carboxylic acids is 1. The molecule has 1 fully saturated rings. The number of amides is 1. The Balaban J connectivity index is 1.51. The van der Waals surface area contributed by atoms with E-state index in [1.807, 2.05) is 24.1 Å². The summed E-state index contributed by atoms with van der Waals surface area (Å²) in [6.45, 7) is 1.76. The Morgan fingerprint density at radius 3 is 2.88 bits per heavy atom. The lowest BCUT2D eigenvalue weighted by atomic mass is 10.1. The van der Waals surface area contributed by atoms with E-state index in [0.717, 1.165) is 24.2 Å². The molecule has 138 valence electrons. The molecule has 1 amide bonds. The first kappa shape index (κ1) is 18.3. The molecular weight excluding hydrogens is 333 g/mol. The summed E-state index contributed by atoms with van der Waals surface area (Å²) in [6.07, 6.45) is 3.85. The van der Waals surface area contributed by atoms with Crippen molar-refractivity contribution in [3.63, 3.8) is 0 Å². The molecule has 5 nitrogen and oxygen atoms in total. The van der Waals surface area contributed by atoms with Crippen molar-refractivity contribution in [3.05, 3.63) is 59.5 Å². The van der Waals surface area contributed by atoms with Crippen LogP contribution in [0.4, 0.5) is 10.2 Å². The second-order valence-corrected chi connectivity index (χ2v) is 6.47. The van der Waals surface area contributed by atoms with Crippen LogP contribution in [0.5, 0.6) is 0 Å². The lowest BCUT2D eigenvalue weighted by Crippen LogP contribution is -2.46. The number of hydrogen-bond donors (Lipinski definition) is 1. The minimum atomic E-state index is -0.287. The first-order valence-electron chi connectivity index (χ1n) is 8.90. The standard InChI is InChI=1S/C20H24FN3O2/c1-22-19-12-16(8-9-23-19)4-7-18-14-24(10-11-26-18)20(25)13-15-2-5-17(21)6-3-15/h2-3,5-6,8-9,12,18H,4,7,10-11,13-14H2,1H3,(H,22,23). The van der Waals surface area contributed by atoms with Gasteiger partial charge in [-0.1, -0.05) is 12.1 Å². The van der Waals surface area contributed by atoms with Crippen molar-refractivity contribution >= 4 is 11.7 Å². The Labute approximate surface area is 153 Å². The number of rotatable bonds is 6. The Kier molecular flexibility index (Phi) is 6.17. The van der Waals surface area contributed by atoms with Gasteiger partial charge in [0.15, 0.2) is 0 Å². The Bertz CT molecular complexity index is 736. The maximum absolute atomic E-state index is 13.0. The van der Waals surface area contributed by atoms with Crippen LogP contribution in [0.25, 0.3) is 0 Å². The molecule has 0 saturated carbocycles. The fraction of sp³-hybridized carbons (Fsp3) is 0.400. The summed E-state index contributed by atoms with van der Waals surface area (Å²) in [4.78, 5) is 18.6. The highest BCUT2D eigenvalue weighted by atomic mass is 19.1. The molecule has 2 aromatic rings. The highest BCUT2D eigenvalue weighted by Gasteiger charge is 2.24. The van der Waals surface area contributed by atoms with Crippen LogP contribution in [0.2, 0.25) is 0 Å². The number of anilines is 1. The fourth-order valence-electron chi connectivity index (χ4n) is 3.10. The molecular formula is C20H24FN3O2. The molecule has 26 heavy (non-hydrogen) atoms. The first-order valence-corrected chi connectivity index (χ1v) is 8.90. The summed E-state index contributed by atoms with van der Waals surface area (Å²) >= 11 is 0. The maximum atomic E-state index is 13.0. The van der Waals surface area contributed by atoms with Gasteiger partial charge in [-0.05, 0) is 48.2 Å². The molecule has 1 N–H and O–H groups in total. The Hall–Kier alpha value is -2.47. The van der Waals surface area contributed by atoms with E-state index in [1.165, 1.54) is 17.7 Å². The van der Waals surface area contributed by atoms with E-state index >= 15 is 0 Å². The zero-order valence-corrected chi connectivity index (χ0v) is 15.0. The van der Waals surface area contributed by atoms with Crippen molar-refractivity contribution in [2.45, 2.75) is 25.4 Å². The Morgan fingerprint density at radius 2 is 2.12 bits per heavy atom. The van der Waals surface area contributed by atoms with Gasteiger partial charge in [0.2, 0.25) is 5.91 Å². The highest BCUT2D eigenvalue weighted by Crippen LogP contribution is 2.15. The summed E-state index contributed by atoms with van der Waals surface area (Å²) < 4.78 is 18.8. The number of aromatic nitrogens is 1. The number of ether oxygens (including phenoxy) is 1. The number of morpholine rings is 1. The van der Waals surface area contributed by atoms with Gasteiger partial charge in [0, 0.05) is 26.3 Å². The van der Waals surface area contributed by atoms with Crippen LogP contribution in [0.1, 0.15) is 17.5 Å². The third-order valence-corrected chi connectivity index (χ3v) is 4.60. The topological polar surface area (TPSA) is 54.5 Å². The van der Waals surface area contributed by atoms with Crippen molar-refractivity contribution in [2.75, 3.05) is 32.1 Å². The molecule has 1 atom stereocenters. The molecule has 3 rings (SSSR count). The number of aryl methyl sites for hydroxylation is 1. The molecule has 2 heterocycles. The monoisotopic (exact) mass is 357 g/mol. The predicted octanol–water partition coefficient (Wildman–Crippen LogP) is 2.67. The lowest BCUT2D eigenvalue weighted by molar-refractivity contribution is -0.138. The molecule has 1 aliphatic heterocycles. The van der Waals surface area contributed by atoms with Crippen LogP contribution in [-0.4, -0.2) is 48.6 Å². The average Bonchev–Trinajstić information content (AvgIpc) is 2.68. The first-order chi connectivity index (χ1) is 12.6. The van der Waals surface area contributed by atoms with Gasteiger partial charge in [-0.3, -0.25) is 4.79 Å². The highest BCUT2D eigenvalue weighted by molar-refractivity contribution is 5.78. The van der Waals surface area contributed by atoms with Gasteiger partial charge >= 0.3 is 0 Å². The molecule has 0 aliphatic carbocycles. The molecule has 1 aliphatic rings. The van der Waals surface area contributed by atoms with Gasteiger partial charge < -0.3 is 15.0 Å². The summed E-state index contributed by atoms with van der Waals surface area (Å²) in [6, 6.07) is 10.1. The van der Waals surface area contributed by atoms with Crippen LogP contribution in [0, 0.1) is 5.82 Å². The van der Waals surface area contributed by atoms with Crippen molar-refractivity contribution < 1.29 is 13.9 Å². The molecule has 0 spiro atoms. The number of pyridine rings is 1. The number of halogens is 1. The third kappa shape index (κ3) is 5.02. The van der Waals surface area contributed by atoms with E-state index in [9.17, 15) is 9.18 Å². The SMILES string of the molecule is CNc1cc(CCC2CN(C(=O)Cc3ccc(F)cc3)CCO2)ccn1. The zero-order chi connectivity index (χ0) is 18.4. The van der Waals surface area contributed by atoms with Crippen molar-refractivity contribution in [1.29, 1.82) is 0 Å². The van der Waals surface area contributed by atoms with Crippen LogP contribution in [0.15, 0.2) is 42.6 Å². The van der Waals surface area contributed by atoms with Gasteiger partial charge in [0.05, 0.1) is 19.1 Å². The van der Waals surface area contributed by atoms with Gasteiger partial charge in [0.1, 0.15) is 11.6 Å². The minimum absolute atomic E-state index is 0.0344. The summed E-state index contributed by atoms with van der Waals surface area (Å²) in [5.74, 6) is 0.625. The summed E-state index contributed by atoms with van der Waals surface area (Å²) in [7, 11) is 1.85. The average molecular weight is 357 g/mol. The van der Waals surface area contributed by atoms with Crippen LogP contribution in [-0.2, 0) is 22.4 Å². The molecule has 1 unspecified atom stereocenters. The van der Waals surface area contributed by atoms with Crippen LogP contribution >= 0.6 is 0 Å².